The van der Waals surface area contributed by atoms with Crippen molar-refractivity contribution in [2.75, 3.05) is 6.54 Å². The Morgan fingerprint density at radius 1 is 1.50 bits per heavy atom. The van der Waals surface area contributed by atoms with Gasteiger partial charge >= 0.3 is 6.03 Å². The molecule has 0 aliphatic rings. The fourth-order valence-electron chi connectivity index (χ4n) is 0.735. The summed E-state index contributed by atoms with van der Waals surface area (Å²) in [5.74, 6) is -0.383. The van der Waals surface area contributed by atoms with Crippen LogP contribution in [-0.4, -0.2) is 35.2 Å². The molecule has 1 atom stereocenters. The number of hydrogen-bond acceptors (Lipinski definition) is 3. The predicted molar refractivity (Wildman–Crippen MR) is 51.5 cm³/mol. The predicted octanol–water partition coefficient (Wildman–Crippen LogP) is -1.07. The highest BCUT2D eigenvalue weighted by Gasteiger charge is 2.18. The molecule has 0 aliphatic carbocycles. The minimum atomic E-state index is -0.970. The molecule has 0 bridgehead atoms. The van der Waals surface area contributed by atoms with E-state index in [4.69, 9.17) is 5.73 Å². The molecule has 0 radical (unpaired) electrons. The first-order valence-electron chi connectivity index (χ1n) is 4.28. The lowest BCUT2D eigenvalue weighted by atomic mass is 10.1. The van der Waals surface area contributed by atoms with Gasteiger partial charge in [-0.1, -0.05) is 0 Å². The molecule has 0 aromatic heterocycles. The molecule has 0 saturated heterocycles. The van der Waals surface area contributed by atoms with Gasteiger partial charge < -0.3 is 21.5 Å². The van der Waals surface area contributed by atoms with Crippen molar-refractivity contribution >= 4 is 11.9 Å². The van der Waals surface area contributed by atoms with Crippen LogP contribution in [0.1, 0.15) is 20.8 Å². The van der Waals surface area contributed by atoms with Gasteiger partial charge in [0.1, 0.15) is 6.04 Å². The topological polar surface area (TPSA) is 104 Å². The summed E-state index contributed by atoms with van der Waals surface area (Å²) in [6.07, 6.45) is 0. The molecule has 0 aromatic carbocycles. The molecule has 0 spiro atoms. The van der Waals surface area contributed by atoms with E-state index in [1.54, 1.807) is 13.8 Å². The number of amides is 3. The third-order valence-corrected chi connectivity index (χ3v) is 1.45. The van der Waals surface area contributed by atoms with Crippen LogP contribution in [0.4, 0.5) is 4.79 Å². The highest BCUT2D eigenvalue weighted by Crippen LogP contribution is 1.97. The van der Waals surface area contributed by atoms with Crippen LogP contribution in [0, 0.1) is 0 Å². The second-order valence-electron chi connectivity index (χ2n) is 3.76. The summed E-state index contributed by atoms with van der Waals surface area (Å²) in [6, 6.07) is -1.45. The molecule has 0 heterocycles. The number of nitrogens with one attached hydrogen (secondary N) is 2. The molecule has 14 heavy (non-hydrogen) atoms. The summed E-state index contributed by atoms with van der Waals surface area (Å²) in [5.41, 5.74) is 3.86. The standard InChI is InChI=1S/C8H17N3O3/c1-5(11-7(9)13)6(12)10-4-8(2,3)14/h5,14H,4H2,1-3H3,(H,10,12)(H3,9,11,13). The monoisotopic (exact) mass is 203 g/mol. The average molecular weight is 203 g/mol. The molecular formula is C8H17N3O3. The molecule has 5 N–H and O–H groups in total. The first-order chi connectivity index (χ1) is 6.22. The van der Waals surface area contributed by atoms with E-state index in [2.05, 4.69) is 10.6 Å². The maximum Gasteiger partial charge on any atom is 0.312 e. The second-order valence-corrected chi connectivity index (χ2v) is 3.76. The van der Waals surface area contributed by atoms with Crippen LogP contribution < -0.4 is 16.4 Å². The normalized spacial score (nSPS) is 13.1. The van der Waals surface area contributed by atoms with Gasteiger partial charge in [0.2, 0.25) is 5.91 Å². The number of carbonyl (C=O) groups is 2. The van der Waals surface area contributed by atoms with Crippen molar-refractivity contribution in [3.63, 3.8) is 0 Å². The Morgan fingerprint density at radius 2 is 2.00 bits per heavy atom. The Bertz CT molecular complexity index is 222. The van der Waals surface area contributed by atoms with Gasteiger partial charge in [0.25, 0.3) is 0 Å². The van der Waals surface area contributed by atoms with Gasteiger partial charge in [-0.2, -0.15) is 0 Å². The quantitative estimate of drug-likeness (QED) is 0.467. The largest absolute Gasteiger partial charge is 0.389 e. The van der Waals surface area contributed by atoms with E-state index < -0.39 is 17.7 Å². The van der Waals surface area contributed by atoms with Crippen molar-refractivity contribution in [1.29, 1.82) is 0 Å². The number of rotatable bonds is 4. The second kappa shape index (κ2) is 4.80. The Labute approximate surface area is 82.9 Å². The van der Waals surface area contributed by atoms with Crippen molar-refractivity contribution in [3.8, 4) is 0 Å². The molecule has 0 rings (SSSR count). The van der Waals surface area contributed by atoms with Crippen LogP contribution >= 0.6 is 0 Å². The van der Waals surface area contributed by atoms with Crippen LogP contribution in [-0.2, 0) is 4.79 Å². The van der Waals surface area contributed by atoms with Gasteiger partial charge in [-0.25, -0.2) is 4.79 Å². The number of carbonyl (C=O) groups excluding carboxylic acids is 2. The molecule has 6 heteroatoms. The minimum Gasteiger partial charge on any atom is -0.389 e. The molecular weight excluding hydrogens is 186 g/mol. The van der Waals surface area contributed by atoms with Crippen molar-refractivity contribution < 1.29 is 14.7 Å². The number of primary amides is 1. The summed E-state index contributed by atoms with van der Waals surface area (Å²) in [6.45, 7) is 4.76. The van der Waals surface area contributed by atoms with Crippen LogP contribution in [0.5, 0.6) is 0 Å². The molecule has 82 valence electrons. The SMILES string of the molecule is CC(NC(N)=O)C(=O)NCC(C)(C)O. The smallest absolute Gasteiger partial charge is 0.312 e. The third-order valence-electron chi connectivity index (χ3n) is 1.45. The van der Waals surface area contributed by atoms with Gasteiger partial charge in [0.15, 0.2) is 0 Å². The highest BCUT2D eigenvalue weighted by atomic mass is 16.3. The molecule has 0 fully saturated rings. The zero-order chi connectivity index (χ0) is 11.4. The third kappa shape index (κ3) is 6.24. The molecule has 6 nitrogen and oxygen atoms in total. The Balaban J connectivity index is 3.91. The number of urea groups is 1. The van der Waals surface area contributed by atoms with E-state index in [0.29, 0.717) is 0 Å². The Morgan fingerprint density at radius 3 is 2.36 bits per heavy atom. The van der Waals surface area contributed by atoms with Gasteiger partial charge in [0.05, 0.1) is 5.60 Å². The van der Waals surface area contributed by atoms with E-state index in [1.807, 2.05) is 0 Å². The first-order valence-corrected chi connectivity index (χ1v) is 4.28. The van der Waals surface area contributed by atoms with Crippen LogP contribution in [0.25, 0.3) is 0 Å². The Hall–Kier alpha value is -1.30. The van der Waals surface area contributed by atoms with Gasteiger partial charge in [-0.3, -0.25) is 4.79 Å². The number of nitrogens with two attached hydrogens (primary N) is 1. The zero-order valence-electron chi connectivity index (χ0n) is 8.63. The van der Waals surface area contributed by atoms with Crippen LogP contribution in [0.3, 0.4) is 0 Å². The lowest BCUT2D eigenvalue weighted by Crippen LogP contribution is -2.49. The highest BCUT2D eigenvalue weighted by molar-refractivity contribution is 5.86. The summed E-state index contributed by atoms with van der Waals surface area (Å²) in [4.78, 5) is 21.6. The zero-order valence-corrected chi connectivity index (χ0v) is 8.63. The maximum atomic E-state index is 11.2. The number of aliphatic hydroxyl groups is 1. The molecule has 3 amide bonds. The lowest BCUT2D eigenvalue weighted by Gasteiger charge is -2.19. The van der Waals surface area contributed by atoms with Crippen LogP contribution in [0.2, 0.25) is 0 Å². The average Bonchev–Trinajstić information content (AvgIpc) is 1.97. The summed E-state index contributed by atoms with van der Waals surface area (Å²) < 4.78 is 0. The van der Waals surface area contributed by atoms with Crippen molar-refractivity contribution in [3.05, 3.63) is 0 Å². The summed E-state index contributed by atoms with van der Waals surface area (Å²) in [5, 5.41) is 14.0. The fraction of sp³-hybridized carbons (Fsp3) is 0.750. The van der Waals surface area contributed by atoms with Gasteiger partial charge in [-0.05, 0) is 20.8 Å². The van der Waals surface area contributed by atoms with E-state index in [0.717, 1.165) is 0 Å². The van der Waals surface area contributed by atoms with Gasteiger partial charge in [0, 0.05) is 6.54 Å². The van der Waals surface area contributed by atoms with Gasteiger partial charge in [-0.15, -0.1) is 0 Å². The fourth-order valence-corrected chi connectivity index (χ4v) is 0.735. The van der Waals surface area contributed by atoms with E-state index in [-0.39, 0.29) is 12.5 Å². The molecule has 0 aliphatic heterocycles. The van der Waals surface area contributed by atoms with E-state index >= 15 is 0 Å². The van der Waals surface area contributed by atoms with Crippen LogP contribution in [0.15, 0.2) is 0 Å². The first kappa shape index (κ1) is 12.7. The minimum absolute atomic E-state index is 0.122. The number of hydrogen-bond donors (Lipinski definition) is 4. The molecule has 0 saturated carbocycles. The van der Waals surface area contributed by atoms with E-state index in [9.17, 15) is 14.7 Å². The maximum absolute atomic E-state index is 11.2. The molecule has 1 unspecified atom stereocenters. The molecule has 0 aromatic rings. The van der Waals surface area contributed by atoms with Crippen molar-refractivity contribution in [2.24, 2.45) is 5.73 Å². The Kier molecular flexibility index (Phi) is 4.36. The van der Waals surface area contributed by atoms with Crippen molar-refractivity contribution in [2.45, 2.75) is 32.4 Å². The van der Waals surface area contributed by atoms with Crippen molar-refractivity contribution in [1.82, 2.24) is 10.6 Å². The summed E-state index contributed by atoms with van der Waals surface area (Å²) in [7, 11) is 0. The summed E-state index contributed by atoms with van der Waals surface area (Å²) >= 11 is 0. The van der Waals surface area contributed by atoms with E-state index in [1.165, 1.54) is 6.92 Å². The lowest BCUT2D eigenvalue weighted by molar-refractivity contribution is -0.123.